The summed E-state index contributed by atoms with van der Waals surface area (Å²) >= 11 is 0. The molecule has 1 N–H and O–H groups in total. The summed E-state index contributed by atoms with van der Waals surface area (Å²) in [4.78, 5) is 4.19. The molecular formula is C12H24N4. The highest BCUT2D eigenvalue weighted by atomic mass is 15.3. The molecule has 0 aliphatic rings. The van der Waals surface area contributed by atoms with Gasteiger partial charge < -0.3 is 5.32 Å². The third-order valence-electron chi connectivity index (χ3n) is 2.91. The highest BCUT2D eigenvalue weighted by Gasteiger charge is 2.05. The molecule has 1 heterocycles. The first-order valence-corrected chi connectivity index (χ1v) is 6.31. The highest BCUT2D eigenvalue weighted by molar-refractivity contribution is 4.80. The van der Waals surface area contributed by atoms with E-state index in [0.29, 0.717) is 0 Å². The van der Waals surface area contributed by atoms with Crippen LogP contribution in [0.25, 0.3) is 0 Å². The van der Waals surface area contributed by atoms with Crippen molar-refractivity contribution in [1.29, 1.82) is 0 Å². The topological polar surface area (TPSA) is 42.7 Å². The van der Waals surface area contributed by atoms with Crippen molar-refractivity contribution in [2.75, 3.05) is 6.54 Å². The average molecular weight is 224 g/mol. The minimum absolute atomic E-state index is 0.781. The van der Waals surface area contributed by atoms with Gasteiger partial charge in [0.2, 0.25) is 0 Å². The Morgan fingerprint density at radius 3 is 2.81 bits per heavy atom. The summed E-state index contributed by atoms with van der Waals surface area (Å²) in [6.07, 6.45) is 6.95. The predicted octanol–water partition coefficient (Wildman–Crippen LogP) is 2.12. The van der Waals surface area contributed by atoms with Gasteiger partial charge in [0.05, 0.1) is 6.54 Å². The number of hydrogen-bond donors (Lipinski definition) is 1. The molecule has 0 saturated carbocycles. The van der Waals surface area contributed by atoms with E-state index < -0.39 is 0 Å². The lowest BCUT2D eigenvalue weighted by molar-refractivity contribution is 0.416. The van der Waals surface area contributed by atoms with Crippen molar-refractivity contribution in [2.45, 2.75) is 46.1 Å². The van der Waals surface area contributed by atoms with Gasteiger partial charge >= 0.3 is 0 Å². The van der Waals surface area contributed by atoms with Crippen LogP contribution in [0.1, 0.15) is 45.4 Å². The van der Waals surface area contributed by atoms with E-state index in [9.17, 15) is 0 Å². The molecule has 4 nitrogen and oxygen atoms in total. The van der Waals surface area contributed by atoms with Crippen LogP contribution in [-0.4, -0.2) is 21.3 Å². The van der Waals surface area contributed by atoms with Crippen molar-refractivity contribution < 1.29 is 0 Å². The molecule has 0 aliphatic carbocycles. The van der Waals surface area contributed by atoms with E-state index in [4.69, 9.17) is 0 Å². The molecule has 1 unspecified atom stereocenters. The maximum Gasteiger partial charge on any atom is 0.164 e. The van der Waals surface area contributed by atoms with E-state index in [0.717, 1.165) is 24.8 Å². The zero-order valence-electron chi connectivity index (χ0n) is 10.7. The Bertz CT molecular complexity index is 282. The molecule has 0 bridgehead atoms. The number of nitrogens with one attached hydrogen (secondary N) is 1. The monoisotopic (exact) mass is 224 g/mol. The summed E-state index contributed by atoms with van der Waals surface area (Å²) in [6, 6.07) is 0. The average Bonchev–Trinajstić information content (AvgIpc) is 2.69. The van der Waals surface area contributed by atoms with Gasteiger partial charge in [-0.2, -0.15) is 5.10 Å². The van der Waals surface area contributed by atoms with Gasteiger partial charge in [-0.05, 0) is 18.9 Å². The van der Waals surface area contributed by atoms with Gasteiger partial charge in [0.25, 0.3) is 0 Å². The lowest BCUT2D eigenvalue weighted by Gasteiger charge is -2.14. The Kier molecular flexibility index (Phi) is 6.08. The molecule has 0 fully saturated rings. The highest BCUT2D eigenvalue weighted by Crippen LogP contribution is 2.11. The van der Waals surface area contributed by atoms with E-state index in [1.165, 1.54) is 25.7 Å². The Morgan fingerprint density at radius 2 is 2.25 bits per heavy atom. The first-order chi connectivity index (χ1) is 7.76. The molecule has 0 radical (unpaired) electrons. The number of rotatable bonds is 8. The number of nitrogens with zero attached hydrogens (tertiary/aromatic N) is 3. The molecule has 0 aliphatic heterocycles. The predicted molar refractivity (Wildman–Crippen MR) is 66.0 cm³/mol. The third-order valence-corrected chi connectivity index (χ3v) is 2.91. The number of aryl methyl sites for hydroxylation is 1. The Morgan fingerprint density at radius 1 is 1.44 bits per heavy atom. The number of aromatic nitrogens is 3. The summed E-state index contributed by atoms with van der Waals surface area (Å²) in [7, 11) is 1.90. The fourth-order valence-electron chi connectivity index (χ4n) is 1.80. The minimum atomic E-state index is 0.781. The van der Waals surface area contributed by atoms with Gasteiger partial charge in [-0.25, -0.2) is 4.98 Å². The van der Waals surface area contributed by atoms with Crippen LogP contribution >= 0.6 is 0 Å². The molecule has 1 aromatic heterocycles. The molecule has 4 heteroatoms. The third kappa shape index (κ3) is 4.75. The Balaban J connectivity index is 2.17. The van der Waals surface area contributed by atoms with Crippen molar-refractivity contribution in [3.8, 4) is 0 Å². The van der Waals surface area contributed by atoms with Crippen LogP contribution in [0.4, 0.5) is 0 Å². The summed E-state index contributed by atoms with van der Waals surface area (Å²) in [6.45, 7) is 6.37. The van der Waals surface area contributed by atoms with E-state index in [1.807, 2.05) is 7.05 Å². The second-order valence-electron chi connectivity index (χ2n) is 4.38. The van der Waals surface area contributed by atoms with Gasteiger partial charge in [-0.1, -0.05) is 33.1 Å². The van der Waals surface area contributed by atoms with Gasteiger partial charge in [-0.15, -0.1) is 0 Å². The Hall–Kier alpha value is -0.900. The molecule has 1 aromatic rings. The number of hydrogen-bond acceptors (Lipinski definition) is 3. The fraction of sp³-hybridized carbons (Fsp3) is 0.833. The van der Waals surface area contributed by atoms with Crippen LogP contribution in [0.3, 0.4) is 0 Å². The van der Waals surface area contributed by atoms with E-state index in [-0.39, 0.29) is 0 Å². The van der Waals surface area contributed by atoms with Crippen LogP contribution in [0.15, 0.2) is 6.33 Å². The standard InChI is InChI=1S/C12H24N4/c1-4-6-7-11(5-2)8-13-9-12-14-10-16(3)15-12/h10-11,13H,4-9H2,1-3H3. The van der Waals surface area contributed by atoms with Crippen LogP contribution < -0.4 is 5.32 Å². The lowest BCUT2D eigenvalue weighted by atomic mass is 9.99. The van der Waals surface area contributed by atoms with Gasteiger partial charge in [0.1, 0.15) is 6.33 Å². The second kappa shape index (κ2) is 7.39. The van der Waals surface area contributed by atoms with Gasteiger partial charge in [-0.3, -0.25) is 4.68 Å². The number of unbranched alkanes of at least 4 members (excludes halogenated alkanes) is 1. The lowest BCUT2D eigenvalue weighted by Crippen LogP contribution is -2.22. The quantitative estimate of drug-likeness (QED) is 0.735. The van der Waals surface area contributed by atoms with Crippen molar-refractivity contribution >= 4 is 0 Å². The SMILES string of the molecule is CCCCC(CC)CNCc1ncn(C)n1. The van der Waals surface area contributed by atoms with Crippen LogP contribution in [-0.2, 0) is 13.6 Å². The summed E-state index contributed by atoms with van der Waals surface area (Å²) in [5, 5.41) is 7.68. The maximum atomic E-state index is 4.24. The largest absolute Gasteiger partial charge is 0.310 e. The van der Waals surface area contributed by atoms with Gasteiger partial charge in [0.15, 0.2) is 5.82 Å². The van der Waals surface area contributed by atoms with Crippen LogP contribution in [0, 0.1) is 5.92 Å². The van der Waals surface area contributed by atoms with Crippen molar-refractivity contribution in [1.82, 2.24) is 20.1 Å². The zero-order valence-corrected chi connectivity index (χ0v) is 10.7. The molecule has 16 heavy (non-hydrogen) atoms. The molecule has 1 rings (SSSR count). The second-order valence-corrected chi connectivity index (χ2v) is 4.38. The molecule has 92 valence electrons. The molecule has 0 amide bonds. The molecule has 0 spiro atoms. The fourth-order valence-corrected chi connectivity index (χ4v) is 1.80. The first-order valence-electron chi connectivity index (χ1n) is 6.31. The van der Waals surface area contributed by atoms with Crippen molar-refractivity contribution in [3.05, 3.63) is 12.2 Å². The smallest absolute Gasteiger partial charge is 0.164 e. The van der Waals surface area contributed by atoms with E-state index in [1.54, 1.807) is 11.0 Å². The Labute approximate surface area is 98.5 Å². The molecule has 1 atom stereocenters. The normalized spacial score (nSPS) is 12.9. The molecular weight excluding hydrogens is 200 g/mol. The summed E-state index contributed by atoms with van der Waals surface area (Å²) < 4.78 is 1.74. The maximum absolute atomic E-state index is 4.24. The zero-order chi connectivity index (χ0) is 11.8. The van der Waals surface area contributed by atoms with E-state index >= 15 is 0 Å². The summed E-state index contributed by atoms with van der Waals surface area (Å²) in [5.74, 6) is 1.68. The van der Waals surface area contributed by atoms with E-state index in [2.05, 4.69) is 29.2 Å². The van der Waals surface area contributed by atoms with Crippen molar-refractivity contribution in [3.63, 3.8) is 0 Å². The van der Waals surface area contributed by atoms with Gasteiger partial charge in [0, 0.05) is 7.05 Å². The molecule has 0 aromatic carbocycles. The molecule has 0 saturated heterocycles. The van der Waals surface area contributed by atoms with Crippen LogP contribution in [0.2, 0.25) is 0 Å². The summed E-state index contributed by atoms with van der Waals surface area (Å²) in [5.41, 5.74) is 0. The van der Waals surface area contributed by atoms with Crippen LogP contribution in [0.5, 0.6) is 0 Å². The minimum Gasteiger partial charge on any atom is -0.310 e. The first kappa shape index (κ1) is 13.2. The van der Waals surface area contributed by atoms with Crippen molar-refractivity contribution in [2.24, 2.45) is 13.0 Å².